The molecule has 1 atom stereocenters. The Morgan fingerprint density at radius 3 is 2.19 bits per heavy atom. The third-order valence-corrected chi connectivity index (χ3v) is 4.23. The molecule has 0 saturated carbocycles. The number of unbranched alkanes of at least 4 members (excludes halogenated alkanes) is 3. The Labute approximate surface area is 130 Å². The summed E-state index contributed by atoms with van der Waals surface area (Å²) < 4.78 is 0. The van der Waals surface area contributed by atoms with E-state index >= 15 is 0 Å². The number of hydrogen-bond donors (Lipinski definition) is 0. The third-order valence-electron chi connectivity index (χ3n) is 4.23. The first-order valence-corrected chi connectivity index (χ1v) is 8.59. The van der Waals surface area contributed by atoms with E-state index in [4.69, 9.17) is 0 Å². The van der Waals surface area contributed by atoms with Gasteiger partial charge in [0.25, 0.3) is 0 Å². The molecule has 1 aromatic rings. The lowest BCUT2D eigenvalue weighted by Crippen LogP contribution is -2.41. The van der Waals surface area contributed by atoms with E-state index in [9.17, 15) is 0 Å². The summed E-state index contributed by atoms with van der Waals surface area (Å²) >= 11 is 0. The van der Waals surface area contributed by atoms with Gasteiger partial charge in [0, 0.05) is 31.9 Å². The molecular formula is C19H30N2. The van der Waals surface area contributed by atoms with E-state index in [0.29, 0.717) is 6.17 Å². The van der Waals surface area contributed by atoms with Gasteiger partial charge in [-0.3, -0.25) is 0 Å². The molecule has 1 aliphatic heterocycles. The van der Waals surface area contributed by atoms with Gasteiger partial charge in [-0.25, -0.2) is 0 Å². The highest BCUT2D eigenvalue weighted by Gasteiger charge is 2.25. The molecule has 1 heterocycles. The van der Waals surface area contributed by atoms with Gasteiger partial charge in [0.2, 0.25) is 0 Å². The quantitative estimate of drug-likeness (QED) is 0.610. The Balaban J connectivity index is 1.93. The maximum Gasteiger partial charge on any atom is 0.105 e. The van der Waals surface area contributed by atoms with E-state index in [2.05, 4.69) is 66.4 Å². The summed E-state index contributed by atoms with van der Waals surface area (Å²) in [5.41, 5.74) is 1.44. The van der Waals surface area contributed by atoms with Crippen LogP contribution in [0.2, 0.25) is 0 Å². The molecular weight excluding hydrogens is 256 g/mol. The number of rotatable bonds is 9. The third kappa shape index (κ3) is 4.80. The van der Waals surface area contributed by atoms with Crippen LogP contribution in [0.15, 0.2) is 42.7 Å². The number of benzene rings is 1. The standard InChI is InChI=1S/C19H30N2/c1-3-5-6-10-14-21-16-15-20(13-4-2)19(21)17-18-11-8-7-9-12-18/h7-9,11-12,15-16,19H,3-6,10,13-14,17H2,1-2H3. The molecule has 0 saturated heterocycles. The van der Waals surface area contributed by atoms with E-state index < -0.39 is 0 Å². The first-order valence-electron chi connectivity index (χ1n) is 8.59. The first-order chi connectivity index (χ1) is 10.3. The number of nitrogens with zero attached hydrogens (tertiary/aromatic N) is 2. The molecule has 0 spiro atoms. The van der Waals surface area contributed by atoms with Crippen molar-refractivity contribution in [1.82, 2.24) is 9.80 Å². The zero-order chi connectivity index (χ0) is 14.9. The van der Waals surface area contributed by atoms with Crippen LogP contribution in [0.5, 0.6) is 0 Å². The molecule has 1 aromatic carbocycles. The summed E-state index contributed by atoms with van der Waals surface area (Å²) in [7, 11) is 0. The van der Waals surface area contributed by atoms with Crippen LogP contribution in [-0.2, 0) is 6.42 Å². The molecule has 2 heteroatoms. The van der Waals surface area contributed by atoms with E-state index in [1.165, 1.54) is 44.2 Å². The van der Waals surface area contributed by atoms with Gasteiger partial charge in [-0.2, -0.15) is 0 Å². The largest absolute Gasteiger partial charge is 0.356 e. The maximum atomic E-state index is 2.54. The molecule has 0 aliphatic carbocycles. The van der Waals surface area contributed by atoms with Gasteiger partial charge in [0.1, 0.15) is 6.17 Å². The van der Waals surface area contributed by atoms with Crippen molar-refractivity contribution in [3.63, 3.8) is 0 Å². The minimum atomic E-state index is 0.508. The molecule has 0 bridgehead atoms. The van der Waals surface area contributed by atoms with Crippen molar-refractivity contribution in [3.8, 4) is 0 Å². The SMILES string of the molecule is CCCCCCN1C=CN(CCC)C1Cc1ccccc1. The average Bonchev–Trinajstić information content (AvgIpc) is 2.88. The molecule has 0 radical (unpaired) electrons. The van der Waals surface area contributed by atoms with Gasteiger partial charge in [-0.15, -0.1) is 0 Å². The topological polar surface area (TPSA) is 6.48 Å². The highest BCUT2D eigenvalue weighted by molar-refractivity contribution is 5.17. The highest BCUT2D eigenvalue weighted by atomic mass is 15.4. The van der Waals surface area contributed by atoms with Gasteiger partial charge < -0.3 is 9.80 Å². The molecule has 1 aliphatic rings. The summed E-state index contributed by atoms with van der Waals surface area (Å²) in [4.78, 5) is 5.05. The molecule has 0 aromatic heterocycles. The van der Waals surface area contributed by atoms with E-state index in [1.54, 1.807) is 0 Å². The Morgan fingerprint density at radius 1 is 0.810 bits per heavy atom. The normalized spacial score (nSPS) is 17.7. The lowest BCUT2D eigenvalue weighted by atomic mass is 10.1. The lowest BCUT2D eigenvalue weighted by Gasteiger charge is -2.33. The fourth-order valence-electron chi connectivity index (χ4n) is 3.05. The second-order valence-electron chi connectivity index (χ2n) is 6.00. The fourth-order valence-corrected chi connectivity index (χ4v) is 3.05. The molecule has 116 valence electrons. The summed E-state index contributed by atoms with van der Waals surface area (Å²) in [5.74, 6) is 0. The Hall–Kier alpha value is -1.44. The first kappa shape index (κ1) is 15.9. The molecule has 2 rings (SSSR count). The second-order valence-corrected chi connectivity index (χ2v) is 6.00. The van der Waals surface area contributed by atoms with Crippen LogP contribution in [0.1, 0.15) is 51.5 Å². The maximum absolute atomic E-state index is 2.54. The van der Waals surface area contributed by atoms with Gasteiger partial charge in [0.05, 0.1) is 0 Å². The smallest absolute Gasteiger partial charge is 0.105 e. The molecule has 21 heavy (non-hydrogen) atoms. The van der Waals surface area contributed by atoms with Crippen LogP contribution < -0.4 is 0 Å². The molecule has 0 N–H and O–H groups in total. The monoisotopic (exact) mass is 286 g/mol. The summed E-state index contributed by atoms with van der Waals surface area (Å²) in [6, 6.07) is 10.9. The highest BCUT2D eigenvalue weighted by Crippen LogP contribution is 2.21. The van der Waals surface area contributed by atoms with Crippen molar-refractivity contribution >= 4 is 0 Å². The minimum absolute atomic E-state index is 0.508. The minimum Gasteiger partial charge on any atom is -0.356 e. The molecule has 0 amide bonds. The molecule has 1 unspecified atom stereocenters. The van der Waals surface area contributed by atoms with Gasteiger partial charge in [0.15, 0.2) is 0 Å². The van der Waals surface area contributed by atoms with Crippen molar-refractivity contribution in [2.45, 2.75) is 58.5 Å². The summed E-state index contributed by atoms with van der Waals surface area (Å²) in [6.07, 6.45) is 12.8. The van der Waals surface area contributed by atoms with Gasteiger partial charge >= 0.3 is 0 Å². The zero-order valence-electron chi connectivity index (χ0n) is 13.7. The molecule has 2 nitrogen and oxygen atoms in total. The average molecular weight is 286 g/mol. The van der Waals surface area contributed by atoms with Crippen molar-refractivity contribution in [2.24, 2.45) is 0 Å². The number of hydrogen-bond acceptors (Lipinski definition) is 2. The fraction of sp³-hybridized carbons (Fsp3) is 0.579. The predicted octanol–water partition coefficient (Wildman–Crippen LogP) is 4.63. The van der Waals surface area contributed by atoms with Crippen LogP contribution in [0, 0.1) is 0 Å². The van der Waals surface area contributed by atoms with Crippen molar-refractivity contribution in [2.75, 3.05) is 13.1 Å². The summed E-state index contributed by atoms with van der Waals surface area (Å²) in [6.45, 7) is 6.88. The summed E-state index contributed by atoms with van der Waals surface area (Å²) in [5, 5.41) is 0. The Bertz CT molecular complexity index is 413. The van der Waals surface area contributed by atoms with E-state index in [1.807, 2.05) is 0 Å². The second kappa shape index (κ2) is 8.76. The van der Waals surface area contributed by atoms with Crippen LogP contribution >= 0.6 is 0 Å². The van der Waals surface area contributed by atoms with Crippen LogP contribution in [-0.4, -0.2) is 29.1 Å². The molecule has 0 fully saturated rings. The Morgan fingerprint density at radius 2 is 1.52 bits per heavy atom. The van der Waals surface area contributed by atoms with Crippen LogP contribution in [0.4, 0.5) is 0 Å². The van der Waals surface area contributed by atoms with Crippen LogP contribution in [0.3, 0.4) is 0 Å². The van der Waals surface area contributed by atoms with Crippen molar-refractivity contribution < 1.29 is 0 Å². The zero-order valence-corrected chi connectivity index (χ0v) is 13.7. The van der Waals surface area contributed by atoms with Crippen LogP contribution in [0.25, 0.3) is 0 Å². The Kier molecular flexibility index (Phi) is 6.65. The van der Waals surface area contributed by atoms with Crippen molar-refractivity contribution in [3.05, 3.63) is 48.3 Å². The predicted molar refractivity (Wildman–Crippen MR) is 90.9 cm³/mol. The van der Waals surface area contributed by atoms with Gasteiger partial charge in [-0.05, 0) is 18.4 Å². The lowest BCUT2D eigenvalue weighted by molar-refractivity contribution is 0.150. The van der Waals surface area contributed by atoms with E-state index in [-0.39, 0.29) is 0 Å². The van der Waals surface area contributed by atoms with E-state index in [0.717, 1.165) is 13.0 Å². The van der Waals surface area contributed by atoms with Crippen molar-refractivity contribution in [1.29, 1.82) is 0 Å². The van der Waals surface area contributed by atoms with Gasteiger partial charge in [-0.1, -0.05) is 63.4 Å².